The second kappa shape index (κ2) is 12.8. The Labute approximate surface area is 196 Å². The summed E-state index contributed by atoms with van der Waals surface area (Å²) in [6.45, 7) is 11.5. The van der Waals surface area contributed by atoms with Crippen molar-refractivity contribution in [1.29, 1.82) is 0 Å². The third-order valence-corrected chi connectivity index (χ3v) is 5.47. The van der Waals surface area contributed by atoms with Crippen molar-refractivity contribution < 1.29 is 28.9 Å². The number of carbonyl (C=O) groups excluding carboxylic acids is 1. The smallest absolute Gasteiger partial charge is 0.449 e. The Morgan fingerprint density at radius 2 is 1.64 bits per heavy atom. The van der Waals surface area contributed by atoms with Gasteiger partial charge in [0.25, 0.3) is 0 Å². The van der Waals surface area contributed by atoms with E-state index < -0.39 is 12.3 Å². The number of ether oxygens (including phenoxy) is 3. The number of hydrogen-bond acceptors (Lipinski definition) is 6. The van der Waals surface area contributed by atoms with Crippen LogP contribution in [0.5, 0.6) is 5.75 Å². The summed E-state index contributed by atoms with van der Waals surface area (Å²) in [4.78, 5) is 25.4. The molecule has 0 aliphatic rings. The van der Waals surface area contributed by atoms with Gasteiger partial charge in [0.2, 0.25) is 0 Å². The predicted molar refractivity (Wildman–Crippen MR) is 127 cm³/mol. The first-order chi connectivity index (χ1) is 15.7. The largest absolute Gasteiger partial charge is 0.511 e. The van der Waals surface area contributed by atoms with Crippen LogP contribution in [0.4, 0.5) is 9.59 Å². The molecular formula is C26H35NO6. The average molecular weight is 458 g/mol. The van der Waals surface area contributed by atoms with Gasteiger partial charge in [-0.15, -0.1) is 0 Å². The Bertz CT molecular complexity index is 889. The van der Waals surface area contributed by atoms with Gasteiger partial charge in [-0.05, 0) is 70.8 Å². The van der Waals surface area contributed by atoms with Gasteiger partial charge in [-0.3, -0.25) is 4.90 Å². The summed E-state index contributed by atoms with van der Waals surface area (Å²) in [5, 5.41) is 9.30. The monoisotopic (exact) mass is 457 g/mol. The van der Waals surface area contributed by atoms with Gasteiger partial charge in [0.15, 0.2) is 0 Å². The van der Waals surface area contributed by atoms with Gasteiger partial charge in [0.1, 0.15) is 12.4 Å². The molecule has 33 heavy (non-hydrogen) atoms. The summed E-state index contributed by atoms with van der Waals surface area (Å²) < 4.78 is 15.1. The van der Waals surface area contributed by atoms with Crippen LogP contribution in [0.1, 0.15) is 63.6 Å². The lowest BCUT2D eigenvalue weighted by atomic mass is 9.86. The number of carbonyl (C=O) groups is 2. The second-order valence-electron chi connectivity index (χ2n) is 8.39. The summed E-state index contributed by atoms with van der Waals surface area (Å²) in [5.41, 5.74) is 2.52. The highest BCUT2D eigenvalue weighted by Crippen LogP contribution is 2.36. The second-order valence-corrected chi connectivity index (χ2v) is 8.39. The molecule has 0 heterocycles. The van der Waals surface area contributed by atoms with Gasteiger partial charge in [-0.2, -0.15) is 0 Å². The molecule has 1 unspecified atom stereocenters. The summed E-state index contributed by atoms with van der Waals surface area (Å²) in [7, 11) is 0. The molecule has 0 aliphatic carbocycles. The maximum atomic E-state index is 11.6. The van der Waals surface area contributed by atoms with Crippen LogP contribution >= 0.6 is 0 Å². The fraction of sp³-hybridized carbons (Fsp3) is 0.462. The SMILES string of the molecule is CCOC(=O)OCc1ccc(OC(=O)O)c(C(CCN(C(C)C)C(C)C)c2ccccc2)c1. The van der Waals surface area contributed by atoms with Crippen molar-refractivity contribution in [3.05, 3.63) is 65.2 Å². The minimum atomic E-state index is -1.37. The minimum Gasteiger partial charge on any atom is -0.449 e. The van der Waals surface area contributed by atoms with E-state index in [2.05, 4.69) is 32.6 Å². The van der Waals surface area contributed by atoms with Crippen molar-refractivity contribution in [3.8, 4) is 5.75 Å². The van der Waals surface area contributed by atoms with Crippen LogP contribution in [0.2, 0.25) is 0 Å². The van der Waals surface area contributed by atoms with Crippen LogP contribution in [-0.4, -0.2) is 47.6 Å². The molecule has 7 nitrogen and oxygen atoms in total. The van der Waals surface area contributed by atoms with E-state index in [0.29, 0.717) is 12.1 Å². The van der Waals surface area contributed by atoms with E-state index in [1.807, 2.05) is 36.4 Å². The molecule has 180 valence electrons. The maximum Gasteiger partial charge on any atom is 0.511 e. The molecular weight excluding hydrogens is 422 g/mol. The van der Waals surface area contributed by atoms with Crippen LogP contribution in [0.15, 0.2) is 48.5 Å². The maximum absolute atomic E-state index is 11.6. The van der Waals surface area contributed by atoms with Gasteiger partial charge >= 0.3 is 12.3 Å². The van der Waals surface area contributed by atoms with Gasteiger partial charge in [-0.1, -0.05) is 36.4 Å². The van der Waals surface area contributed by atoms with Crippen molar-refractivity contribution in [2.75, 3.05) is 13.2 Å². The summed E-state index contributed by atoms with van der Waals surface area (Å²) >= 11 is 0. The Hall–Kier alpha value is -3.06. The number of carboxylic acid groups (broad SMARTS) is 1. The summed E-state index contributed by atoms with van der Waals surface area (Å²) in [6.07, 6.45) is -1.35. The van der Waals surface area contributed by atoms with Crippen LogP contribution in [0.25, 0.3) is 0 Å². The topological polar surface area (TPSA) is 85.3 Å². The van der Waals surface area contributed by atoms with E-state index in [1.165, 1.54) is 0 Å². The van der Waals surface area contributed by atoms with Crippen LogP contribution < -0.4 is 4.74 Å². The van der Waals surface area contributed by atoms with Crippen molar-refractivity contribution >= 4 is 12.3 Å². The molecule has 0 aliphatic heterocycles. The molecule has 1 N–H and O–H groups in total. The Balaban J connectivity index is 2.43. The molecule has 7 heteroatoms. The normalized spacial score (nSPS) is 12.1. The lowest BCUT2D eigenvalue weighted by Crippen LogP contribution is -2.38. The van der Waals surface area contributed by atoms with Crippen LogP contribution in [-0.2, 0) is 16.1 Å². The molecule has 2 aromatic rings. The number of benzene rings is 2. The fourth-order valence-electron chi connectivity index (χ4n) is 4.03. The number of hydrogen-bond donors (Lipinski definition) is 1. The molecule has 0 saturated heterocycles. The van der Waals surface area contributed by atoms with E-state index in [4.69, 9.17) is 14.2 Å². The number of nitrogens with zero attached hydrogens (tertiary/aromatic N) is 1. The van der Waals surface area contributed by atoms with Gasteiger partial charge in [0, 0.05) is 23.6 Å². The first-order valence-electron chi connectivity index (χ1n) is 11.4. The van der Waals surface area contributed by atoms with Crippen molar-refractivity contribution in [2.45, 2.75) is 65.6 Å². The molecule has 1 atom stereocenters. The zero-order valence-electron chi connectivity index (χ0n) is 20.1. The Morgan fingerprint density at radius 3 is 2.21 bits per heavy atom. The quantitative estimate of drug-likeness (QED) is 0.324. The fourth-order valence-corrected chi connectivity index (χ4v) is 4.03. The van der Waals surface area contributed by atoms with Crippen molar-refractivity contribution in [1.82, 2.24) is 4.90 Å². The molecule has 2 aromatic carbocycles. The molecule has 2 rings (SSSR count). The molecule has 0 bridgehead atoms. The van der Waals surface area contributed by atoms with Crippen molar-refractivity contribution in [2.24, 2.45) is 0 Å². The highest BCUT2D eigenvalue weighted by molar-refractivity contribution is 5.63. The molecule has 0 radical (unpaired) electrons. The van der Waals surface area contributed by atoms with Gasteiger partial charge in [0.05, 0.1) is 6.61 Å². The molecule has 0 amide bonds. The minimum absolute atomic E-state index is 0.0187. The Kier molecular flexibility index (Phi) is 10.2. The van der Waals surface area contributed by atoms with E-state index in [1.54, 1.807) is 19.1 Å². The molecule has 0 aromatic heterocycles. The zero-order valence-corrected chi connectivity index (χ0v) is 20.1. The highest BCUT2D eigenvalue weighted by Gasteiger charge is 2.23. The number of rotatable bonds is 11. The molecule has 0 fully saturated rings. The van der Waals surface area contributed by atoms with E-state index >= 15 is 0 Å². The Morgan fingerprint density at radius 1 is 0.970 bits per heavy atom. The van der Waals surface area contributed by atoms with E-state index in [-0.39, 0.29) is 24.9 Å². The first-order valence-corrected chi connectivity index (χ1v) is 11.4. The zero-order chi connectivity index (χ0) is 24.4. The van der Waals surface area contributed by atoms with Gasteiger partial charge < -0.3 is 19.3 Å². The predicted octanol–water partition coefficient (Wildman–Crippen LogP) is 6.06. The first kappa shape index (κ1) is 26.2. The highest BCUT2D eigenvalue weighted by atomic mass is 16.7. The van der Waals surface area contributed by atoms with E-state index in [9.17, 15) is 14.7 Å². The standard InChI is InChI=1S/C26H35NO6/c1-6-31-26(30)32-17-20-12-13-24(33-25(28)29)23(16-20)22(21-10-8-7-9-11-21)14-15-27(18(2)3)19(4)5/h7-13,16,18-19,22H,6,14-15,17H2,1-5H3,(H,28,29). The third kappa shape index (κ3) is 8.09. The van der Waals surface area contributed by atoms with Gasteiger partial charge in [-0.25, -0.2) is 9.59 Å². The van der Waals surface area contributed by atoms with Crippen LogP contribution in [0.3, 0.4) is 0 Å². The lowest BCUT2D eigenvalue weighted by molar-refractivity contribution is 0.0536. The van der Waals surface area contributed by atoms with Crippen LogP contribution in [0, 0.1) is 0 Å². The van der Waals surface area contributed by atoms with E-state index in [0.717, 1.165) is 29.7 Å². The van der Waals surface area contributed by atoms with Crippen molar-refractivity contribution in [3.63, 3.8) is 0 Å². The molecule has 0 saturated carbocycles. The summed E-state index contributed by atoms with van der Waals surface area (Å²) in [5.74, 6) is 0.167. The third-order valence-electron chi connectivity index (χ3n) is 5.47. The lowest BCUT2D eigenvalue weighted by Gasteiger charge is -2.32. The summed E-state index contributed by atoms with van der Waals surface area (Å²) in [6, 6.07) is 15.9. The average Bonchev–Trinajstić information content (AvgIpc) is 2.76. The molecule has 0 spiro atoms.